The van der Waals surface area contributed by atoms with E-state index in [0.29, 0.717) is 18.5 Å². The summed E-state index contributed by atoms with van der Waals surface area (Å²) in [6, 6.07) is 4.83. The first-order chi connectivity index (χ1) is 9.94. The number of alkyl halides is 3. The average molecular weight is 302 g/mol. The highest BCUT2D eigenvalue weighted by Crippen LogP contribution is 2.24. The van der Waals surface area contributed by atoms with E-state index >= 15 is 0 Å². The maximum absolute atomic E-state index is 12.1. The molecule has 0 bridgehead atoms. The van der Waals surface area contributed by atoms with E-state index in [1.807, 2.05) is 0 Å². The first-order valence-corrected chi connectivity index (χ1v) is 6.84. The number of nitrogens with one attached hydrogen (secondary N) is 1. The van der Waals surface area contributed by atoms with E-state index in [-0.39, 0.29) is 11.9 Å². The zero-order chi connectivity index (χ0) is 15.3. The zero-order valence-corrected chi connectivity index (χ0v) is 11.4. The van der Waals surface area contributed by atoms with E-state index < -0.39 is 18.9 Å². The van der Waals surface area contributed by atoms with E-state index in [4.69, 9.17) is 4.74 Å². The van der Waals surface area contributed by atoms with Crippen LogP contribution in [-0.4, -0.2) is 35.8 Å². The van der Waals surface area contributed by atoms with Gasteiger partial charge in [-0.3, -0.25) is 9.78 Å². The summed E-state index contributed by atoms with van der Waals surface area (Å²) >= 11 is 0. The largest absolute Gasteiger partial charge is 0.411 e. The topological polar surface area (TPSA) is 51.2 Å². The number of carbonyl (C=O) groups excluding carboxylic acids is 1. The van der Waals surface area contributed by atoms with Gasteiger partial charge in [-0.1, -0.05) is 6.07 Å². The number of rotatable bonds is 4. The highest BCUT2D eigenvalue weighted by atomic mass is 19.4. The van der Waals surface area contributed by atoms with Crippen LogP contribution in [0.4, 0.5) is 13.2 Å². The lowest BCUT2D eigenvalue weighted by atomic mass is 9.92. The van der Waals surface area contributed by atoms with Crippen molar-refractivity contribution in [3.8, 4) is 0 Å². The average Bonchev–Trinajstić information content (AvgIpc) is 2.46. The van der Waals surface area contributed by atoms with Gasteiger partial charge in [0, 0.05) is 12.2 Å². The van der Waals surface area contributed by atoms with Gasteiger partial charge in [0.1, 0.15) is 12.3 Å². The Morgan fingerprint density at radius 2 is 2.19 bits per heavy atom. The molecule has 1 fully saturated rings. The molecule has 4 nitrogen and oxygen atoms in total. The van der Waals surface area contributed by atoms with Gasteiger partial charge in [-0.25, -0.2) is 0 Å². The van der Waals surface area contributed by atoms with E-state index in [2.05, 4.69) is 10.3 Å². The van der Waals surface area contributed by atoms with E-state index in [1.54, 1.807) is 18.2 Å². The van der Waals surface area contributed by atoms with Gasteiger partial charge in [0.2, 0.25) is 0 Å². The Morgan fingerprint density at radius 3 is 2.86 bits per heavy atom. The molecular formula is C14H17F3N2O2. The third-order valence-electron chi connectivity index (χ3n) is 3.34. The first kappa shape index (κ1) is 15.8. The van der Waals surface area contributed by atoms with Crippen LogP contribution in [0, 0.1) is 0 Å². The number of carbonyl (C=O) groups is 1. The lowest BCUT2D eigenvalue weighted by Gasteiger charge is -2.29. The predicted molar refractivity (Wildman–Crippen MR) is 69.8 cm³/mol. The van der Waals surface area contributed by atoms with Gasteiger partial charge in [0.05, 0.1) is 6.10 Å². The molecule has 7 heteroatoms. The van der Waals surface area contributed by atoms with Crippen molar-refractivity contribution < 1.29 is 22.7 Å². The highest BCUT2D eigenvalue weighted by Gasteiger charge is 2.31. The van der Waals surface area contributed by atoms with Crippen LogP contribution in [0.5, 0.6) is 0 Å². The van der Waals surface area contributed by atoms with Gasteiger partial charge >= 0.3 is 6.18 Å². The Hall–Kier alpha value is -1.63. The highest BCUT2D eigenvalue weighted by molar-refractivity contribution is 5.92. The van der Waals surface area contributed by atoms with E-state index in [9.17, 15) is 18.0 Å². The van der Waals surface area contributed by atoms with Crippen molar-refractivity contribution in [2.24, 2.45) is 0 Å². The van der Waals surface area contributed by atoms with Crippen molar-refractivity contribution in [2.45, 2.75) is 44.0 Å². The van der Waals surface area contributed by atoms with Crippen LogP contribution < -0.4 is 5.32 Å². The van der Waals surface area contributed by atoms with Gasteiger partial charge in [-0.05, 0) is 37.8 Å². The molecule has 2 atom stereocenters. The second-order valence-electron chi connectivity index (χ2n) is 5.10. The third kappa shape index (κ3) is 5.34. The number of ether oxygens (including phenoxy) is 1. The Bertz CT molecular complexity index is 465. The summed E-state index contributed by atoms with van der Waals surface area (Å²) in [6.07, 6.45) is -0.801. The fraction of sp³-hybridized carbons (Fsp3) is 0.571. The lowest BCUT2D eigenvalue weighted by molar-refractivity contribution is -0.188. The van der Waals surface area contributed by atoms with Crippen molar-refractivity contribution in [3.05, 3.63) is 30.1 Å². The summed E-state index contributed by atoms with van der Waals surface area (Å²) < 4.78 is 41.3. The van der Waals surface area contributed by atoms with Crippen LogP contribution in [0.1, 0.15) is 36.2 Å². The van der Waals surface area contributed by atoms with Gasteiger partial charge < -0.3 is 10.1 Å². The fourth-order valence-corrected chi connectivity index (χ4v) is 2.40. The van der Waals surface area contributed by atoms with Gasteiger partial charge in [0.15, 0.2) is 0 Å². The second-order valence-corrected chi connectivity index (χ2v) is 5.10. The number of hydrogen-bond acceptors (Lipinski definition) is 3. The molecule has 1 aliphatic rings. The number of pyridine rings is 1. The van der Waals surface area contributed by atoms with Gasteiger partial charge in [0.25, 0.3) is 5.91 Å². The van der Waals surface area contributed by atoms with Gasteiger partial charge in [-0.2, -0.15) is 13.2 Å². The van der Waals surface area contributed by atoms with E-state index in [0.717, 1.165) is 12.8 Å². The Morgan fingerprint density at radius 1 is 1.38 bits per heavy atom. The molecule has 0 spiro atoms. The predicted octanol–water partition coefficient (Wildman–Crippen LogP) is 2.70. The monoisotopic (exact) mass is 302 g/mol. The fourth-order valence-electron chi connectivity index (χ4n) is 2.40. The molecule has 0 saturated heterocycles. The summed E-state index contributed by atoms with van der Waals surface area (Å²) in [5.74, 6) is -0.308. The molecule has 116 valence electrons. The minimum absolute atomic E-state index is 0.175. The zero-order valence-electron chi connectivity index (χ0n) is 11.4. The number of amides is 1. The number of nitrogens with zero attached hydrogens (tertiary/aromatic N) is 1. The minimum Gasteiger partial charge on any atom is -0.369 e. The van der Waals surface area contributed by atoms with Crippen LogP contribution in [0.2, 0.25) is 0 Å². The van der Waals surface area contributed by atoms with Crippen molar-refractivity contribution >= 4 is 5.91 Å². The van der Waals surface area contributed by atoms with E-state index in [1.165, 1.54) is 6.20 Å². The summed E-state index contributed by atoms with van der Waals surface area (Å²) in [5.41, 5.74) is 0.302. The molecule has 1 aromatic heterocycles. The van der Waals surface area contributed by atoms with Crippen LogP contribution in [0.3, 0.4) is 0 Å². The molecule has 1 heterocycles. The van der Waals surface area contributed by atoms with Crippen molar-refractivity contribution in [1.82, 2.24) is 10.3 Å². The lowest BCUT2D eigenvalue weighted by Crippen LogP contribution is -2.41. The molecule has 1 saturated carbocycles. The maximum atomic E-state index is 12.1. The molecule has 1 aliphatic carbocycles. The third-order valence-corrected chi connectivity index (χ3v) is 3.34. The molecule has 0 unspecified atom stereocenters. The van der Waals surface area contributed by atoms with Crippen molar-refractivity contribution in [1.29, 1.82) is 0 Å². The Balaban J connectivity index is 1.82. The first-order valence-electron chi connectivity index (χ1n) is 6.84. The normalized spacial score (nSPS) is 22.8. The summed E-state index contributed by atoms with van der Waals surface area (Å²) in [6.45, 7) is -1.24. The number of halogens is 3. The van der Waals surface area contributed by atoms with Crippen LogP contribution in [-0.2, 0) is 4.74 Å². The number of hydrogen-bond donors (Lipinski definition) is 1. The summed E-state index contributed by atoms with van der Waals surface area (Å²) in [7, 11) is 0. The molecule has 0 radical (unpaired) electrons. The molecule has 1 aromatic rings. The van der Waals surface area contributed by atoms with Crippen molar-refractivity contribution in [3.63, 3.8) is 0 Å². The van der Waals surface area contributed by atoms with Crippen LogP contribution >= 0.6 is 0 Å². The molecule has 1 N–H and O–H groups in total. The quantitative estimate of drug-likeness (QED) is 0.930. The number of aromatic nitrogens is 1. The summed E-state index contributed by atoms with van der Waals surface area (Å²) in [4.78, 5) is 15.9. The smallest absolute Gasteiger partial charge is 0.369 e. The second kappa shape index (κ2) is 6.89. The Kier molecular flexibility index (Phi) is 5.17. The minimum atomic E-state index is -4.32. The summed E-state index contributed by atoms with van der Waals surface area (Å²) in [5, 5.41) is 2.80. The molecule has 1 amide bonds. The standard InChI is InChI=1S/C14H17F3N2O2/c15-14(16,17)9-21-11-5-3-4-10(8-11)19-13(20)12-6-1-2-7-18-12/h1-2,6-7,10-11H,3-5,8-9H2,(H,19,20)/t10-,11-/m1/s1. The molecule has 2 rings (SSSR count). The van der Waals surface area contributed by atoms with Crippen LogP contribution in [0.25, 0.3) is 0 Å². The molecule has 0 aromatic carbocycles. The Labute approximate surface area is 120 Å². The molecule has 21 heavy (non-hydrogen) atoms. The molecule has 0 aliphatic heterocycles. The van der Waals surface area contributed by atoms with Crippen molar-refractivity contribution in [2.75, 3.05) is 6.61 Å². The van der Waals surface area contributed by atoms with Crippen LogP contribution in [0.15, 0.2) is 24.4 Å². The van der Waals surface area contributed by atoms with Gasteiger partial charge in [-0.15, -0.1) is 0 Å². The maximum Gasteiger partial charge on any atom is 0.411 e. The SMILES string of the molecule is O=C(N[C@@H]1CCC[C@@H](OCC(F)(F)F)C1)c1ccccn1. The molecular weight excluding hydrogens is 285 g/mol.